The number of rotatable bonds is 9. The first-order valence-electron chi connectivity index (χ1n) is 45.6. The highest BCUT2D eigenvalue weighted by Gasteiger charge is 2.23. The lowest BCUT2D eigenvalue weighted by atomic mass is 10.0. The average Bonchev–Trinajstić information content (AvgIpc) is 1.61. The van der Waals surface area contributed by atoms with Gasteiger partial charge in [0.2, 0.25) is 0 Å². The molecule has 628 valence electrons. The molecule has 0 radical (unpaired) electrons. The van der Waals surface area contributed by atoms with Crippen LogP contribution in [-0.4, -0.2) is 18.3 Å². The molecule has 0 bridgehead atoms. The summed E-state index contributed by atoms with van der Waals surface area (Å²) >= 11 is 3.76. The van der Waals surface area contributed by atoms with Gasteiger partial charge in [0.05, 0.1) is 44.1 Å². The molecule has 0 atom stereocenters. The van der Waals surface area contributed by atoms with Crippen molar-refractivity contribution in [2.24, 2.45) is 0 Å². The first-order valence-corrected chi connectivity index (χ1v) is 47.2. The molecule has 8 heterocycles. The summed E-state index contributed by atoms with van der Waals surface area (Å²) < 4.78 is 27.2. The van der Waals surface area contributed by atoms with Crippen LogP contribution in [0.25, 0.3) is 250 Å². The second kappa shape index (κ2) is 32.5. The van der Waals surface area contributed by atoms with Crippen LogP contribution in [0.1, 0.15) is 0 Å². The van der Waals surface area contributed by atoms with Crippen molar-refractivity contribution in [2.45, 2.75) is 0 Å². The van der Waals surface area contributed by atoms with Gasteiger partial charge in [-0.05, 0) is 220 Å². The number of fused-ring (bicyclic) bond motifs is 24. The van der Waals surface area contributed by atoms with Crippen LogP contribution >= 0.6 is 22.7 Å². The summed E-state index contributed by atoms with van der Waals surface area (Å²) in [5.41, 5.74) is 30.5. The summed E-state index contributed by atoms with van der Waals surface area (Å²) in [5, 5.41) is 20.2. The van der Waals surface area contributed by atoms with Crippen LogP contribution < -0.4 is 0 Å². The number of benzene rings is 21. The molecule has 0 amide bonds. The van der Waals surface area contributed by atoms with Crippen molar-refractivity contribution in [3.63, 3.8) is 0 Å². The minimum atomic E-state index is 0.928. The van der Waals surface area contributed by atoms with Gasteiger partial charge in [-0.3, -0.25) is 0 Å². The van der Waals surface area contributed by atoms with Gasteiger partial charge in [-0.15, -0.1) is 22.7 Å². The minimum Gasteiger partial charge on any atom is -0.456 e. The van der Waals surface area contributed by atoms with E-state index >= 15 is 0 Å². The molecule has 0 N–H and O–H groups in total. The number of hydrogen-bond donors (Lipinski definition) is 0. The number of hydrogen-bond acceptors (Lipinski definition) is 4. The molecule has 6 nitrogen and oxygen atoms in total. The van der Waals surface area contributed by atoms with Crippen molar-refractivity contribution < 1.29 is 8.83 Å². The molecule has 0 aliphatic heterocycles. The summed E-state index contributed by atoms with van der Waals surface area (Å²) in [6.45, 7) is 0. The lowest BCUT2D eigenvalue weighted by Gasteiger charge is -2.11. The lowest BCUT2D eigenvalue weighted by molar-refractivity contribution is 0.669. The summed E-state index contributed by atoms with van der Waals surface area (Å²) in [6, 6.07) is 174. The van der Waals surface area contributed by atoms with Crippen molar-refractivity contribution in [3.05, 3.63) is 485 Å². The second-order valence-electron chi connectivity index (χ2n) is 34.4. The van der Waals surface area contributed by atoms with Crippen LogP contribution in [0.3, 0.4) is 0 Å². The quantitative estimate of drug-likeness (QED) is 0.145. The molecule has 8 aromatic heterocycles. The van der Waals surface area contributed by atoms with Gasteiger partial charge in [0.25, 0.3) is 0 Å². The Morgan fingerprint density at radius 2 is 0.455 bits per heavy atom. The Balaban J connectivity index is 0.0000000934. The largest absolute Gasteiger partial charge is 0.456 e. The fraction of sp³-hybridized carbons (Fsp3) is 0. The van der Waals surface area contributed by atoms with E-state index in [2.05, 4.69) is 479 Å². The molecule has 0 saturated heterocycles. The van der Waals surface area contributed by atoms with E-state index in [1.54, 1.807) is 0 Å². The highest BCUT2D eigenvalue weighted by Crippen LogP contribution is 2.47. The Kier molecular flexibility index (Phi) is 18.9. The van der Waals surface area contributed by atoms with E-state index in [0.717, 1.165) is 55.0 Å². The first-order chi connectivity index (χ1) is 66.5. The van der Waals surface area contributed by atoms with Crippen LogP contribution in [0.5, 0.6) is 0 Å². The average molecular weight is 1750 g/mol. The predicted molar refractivity (Wildman–Crippen MR) is 571 cm³/mol. The van der Waals surface area contributed by atoms with Gasteiger partial charge in [0.15, 0.2) is 0 Å². The molecule has 0 aliphatic rings. The van der Waals surface area contributed by atoms with Gasteiger partial charge in [0, 0.05) is 133 Å². The van der Waals surface area contributed by atoms with Gasteiger partial charge < -0.3 is 27.1 Å². The molecule has 0 unspecified atom stereocenters. The molecule has 29 rings (SSSR count). The van der Waals surface area contributed by atoms with E-state index < -0.39 is 0 Å². The number of aromatic nitrogens is 4. The molecule has 134 heavy (non-hydrogen) atoms. The van der Waals surface area contributed by atoms with Crippen LogP contribution in [0.4, 0.5) is 0 Å². The van der Waals surface area contributed by atoms with E-state index in [-0.39, 0.29) is 0 Å². The van der Waals surface area contributed by atoms with Crippen molar-refractivity contribution in [3.8, 4) is 78.4 Å². The lowest BCUT2D eigenvalue weighted by Crippen LogP contribution is -1.94. The van der Waals surface area contributed by atoms with E-state index in [4.69, 9.17) is 8.83 Å². The van der Waals surface area contributed by atoms with Crippen LogP contribution in [-0.2, 0) is 0 Å². The fourth-order valence-electron chi connectivity index (χ4n) is 20.6. The Bertz CT molecular complexity index is 9380. The third-order valence-electron chi connectivity index (χ3n) is 26.8. The molecular weight excluding hydrogens is 1670 g/mol. The monoisotopic (exact) mass is 1740 g/mol. The summed E-state index contributed by atoms with van der Waals surface area (Å²) in [6.07, 6.45) is 0. The van der Waals surface area contributed by atoms with Gasteiger partial charge in [0.1, 0.15) is 22.3 Å². The van der Waals surface area contributed by atoms with Crippen molar-refractivity contribution >= 4 is 194 Å². The van der Waals surface area contributed by atoms with Crippen LogP contribution in [0, 0.1) is 0 Å². The van der Waals surface area contributed by atoms with E-state index in [0.29, 0.717) is 0 Å². The predicted octanol–water partition coefficient (Wildman–Crippen LogP) is 36.0. The molecular formula is C126H80N4O2S2. The smallest absolute Gasteiger partial charge is 0.143 e. The third-order valence-corrected chi connectivity index (χ3v) is 29.2. The Morgan fingerprint density at radius 3 is 0.978 bits per heavy atom. The maximum atomic E-state index is 6.31. The Hall–Kier alpha value is -17.1. The van der Waals surface area contributed by atoms with Gasteiger partial charge >= 0.3 is 0 Å². The second-order valence-corrected chi connectivity index (χ2v) is 36.6. The topological polar surface area (TPSA) is 46.0 Å². The maximum Gasteiger partial charge on any atom is 0.143 e. The van der Waals surface area contributed by atoms with E-state index in [1.165, 1.54) is 195 Å². The van der Waals surface area contributed by atoms with Crippen LogP contribution in [0.2, 0.25) is 0 Å². The number of nitrogens with zero attached hydrogens (tertiary/aromatic N) is 4. The summed E-state index contributed by atoms with van der Waals surface area (Å²) in [7, 11) is 0. The molecule has 0 fully saturated rings. The summed E-state index contributed by atoms with van der Waals surface area (Å²) in [5.74, 6) is 0. The Morgan fingerprint density at radius 1 is 0.149 bits per heavy atom. The highest BCUT2D eigenvalue weighted by molar-refractivity contribution is 7.26. The van der Waals surface area contributed by atoms with Gasteiger partial charge in [-0.2, -0.15) is 0 Å². The molecule has 0 spiro atoms. The van der Waals surface area contributed by atoms with Gasteiger partial charge in [-0.1, -0.05) is 315 Å². The molecule has 8 heteroatoms. The number of thiophene rings is 2. The van der Waals surface area contributed by atoms with E-state index in [9.17, 15) is 0 Å². The SMILES string of the molecule is c1ccc(-c2cccc(-n3c4ccccc4c4cc(-c5ccc6sc7ccccc7c6c5)ccc43)c2)cc1.c1ccc(-n2c3ccccc3c3cc(-c4ccc5oc6ccccc6c5c4)ccc32)cc1.c1ccc(-n2c3ccccc3c3cc(-c4cccc5c4oc4ccccc45)ccc32)cc1.c1ccc(-n2c3ccccc3c3cc(-c4cccc5c4sc4ccccc45)ccc32)cc1. The normalized spacial score (nSPS) is 11.7. The Labute approximate surface area is 779 Å². The molecule has 0 aliphatic carbocycles. The number of furan rings is 2. The molecule has 0 saturated carbocycles. The third kappa shape index (κ3) is 13.3. The van der Waals surface area contributed by atoms with Crippen molar-refractivity contribution in [1.82, 2.24) is 18.3 Å². The molecule has 29 aromatic rings. The zero-order chi connectivity index (χ0) is 88.3. The zero-order valence-electron chi connectivity index (χ0n) is 72.6. The highest BCUT2D eigenvalue weighted by atomic mass is 32.1. The fourth-order valence-corrected chi connectivity index (χ4v) is 23.0. The van der Waals surface area contributed by atoms with Gasteiger partial charge in [-0.25, -0.2) is 0 Å². The first kappa shape index (κ1) is 77.9. The standard InChI is InChI=1S/C36H23NS.2C30H19NO.C30H19NS/c1-2-9-24(10-3-1)25-11-8-12-28(21-25)37-33-15-6-4-13-29(33)31-22-26(17-19-34(31)37)27-18-20-36-32(23-27)30-14-5-7-16-35(30)38-36;1-2-9-21(10-3-1)31-27-15-6-4-11-23(27)26-19-20(17-18-28(26)31)22-13-8-14-25-24-12-5-7-16-29(24)32-30(22)25;1-2-8-22(9-3-1)31-27-12-6-4-10-23(27)25-18-20(14-16-28(25)31)21-15-17-30-26(19-21)24-11-5-7-13-29(24)32-30;1-2-9-21(10-3-1)31-27-15-6-4-11-23(27)26-19-20(17-18-28(26)31)22-13-8-14-25-24-12-5-7-16-29(24)32-30(22)25/h1-23H;3*1-19H. The van der Waals surface area contributed by atoms with Crippen LogP contribution in [0.15, 0.2) is 494 Å². The molecule has 21 aromatic carbocycles. The number of para-hydroxylation sites is 10. The minimum absolute atomic E-state index is 0.928. The maximum absolute atomic E-state index is 6.31. The summed E-state index contributed by atoms with van der Waals surface area (Å²) in [4.78, 5) is 0. The zero-order valence-corrected chi connectivity index (χ0v) is 74.2. The van der Waals surface area contributed by atoms with E-state index in [1.807, 2.05) is 46.9 Å². The van der Waals surface area contributed by atoms with Crippen molar-refractivity contribution in [1.29, 1.82) is 0 Å². The van der Waals surface area contributed by atoms with Crippen molar-refractivity contribution in [2.75, 3.05) is 0 Å².